The number of benzene rings is 3. The zero-order valence-corrected chi connectivity index (χ0v) is 21.1. The van der Waals surface area contributed by atoms with Gasteiger partial charge in [-0.3, -0.25) is 9.10 Å². The number of carbonyl (C=O) groups is 1. The number of sulfonamides is 1. The first-order valence-electron chi connectivity index (χ1n) is 9.61. The van der Waals surface area contributed by atoms with Crippen molar-refractivity contribution in [3.8, 4) is 0 Å². The molecule has 0 radical (unpaired) electrons. The van der Waals surface area contributed by atoms with Gasteiger partial charge in [0.15, 0.2) is 0 Å². The van der Waals surface area contributed by atoms with Gasteiger partial charge in [-0.2, -0.15) is 5.10 Å². The number of amides is 1. The van der Waals surface area contributed by atoms with Crippen LogP contribution < -0.4 is 9.73 Å². The van der Waals surface area contributed by atoms with Crippen LogP contribution in [0.4, 0.5) is 5.69 Å². The van der Waals surface area contributed by atoms with Crippen LogP contribution in [0.15, 0.2) is 82.8 Å². The summed E-state index contributed by atoms with van der Waals surface area (Å²) in [6.45, 7) is 3.13. The highest BCUT2D eigenvalue weighted by Gasteiger charge is 2.27. The van der Waals surface area contributed by atoms with Crippen molar-refractivity contribution < 1.29 is 13.2 Å². The molecule has 0 aliphatic heterocycles. The number of aryl methyl sites for hydroxylation is 1. The molecule has 166 valence electrons. The highest BCUT2D eigenvalue weighted by Crippen LogP contribution is 2.27. The second-order valence-corrected chi connectivity index (χ2v) is 10.5. The lowest BCUT2D eigenvalue weighted by Gasteiger charge is -2.24. The summed E-state index contributed by atoms with van der Waals surface area (Å²) in [4.78, 5) is 12.8. The van der Waals surface area contributed by atoms with E-state index in [1.165, 1.54) is 18.2 Å². The first-order chi connectivity index (χ1) is 15.2. The number of hydrogen-bond acceptors (Lipinski definition) is 4. The van der Waals surface area contributed by atoms with E-state index in [1.54, 1.807) is 37.3 Å². The zero-order chi connectivity index (χ0) is 23.3. The molecule has 0 unspecified atom stereocenters. The van der Waals surface area contributed by atoms with Crippen molar-refractivity contribution in [2.75, 3.05) is 10.8 Å². The van der Waals surface area contributed by atoms with Crippen LogP contribution in [0.5, 0.6) is 0 Å². The Hall–Kier alpha value is -2.43. The average Bonchev–Trinajstić information content (AvgIpc) is 2.78. The predicted molar refractivity (Wildman–Crippen MR) is 137 cm³/mol. The van der Waals surface area contributed by atoms with Crippen molar-refractivity contribution in [1.29, 1.82) is 0 Å². The minimum Gasteiger partial charge on any atom is -0.271 e. The van der Waals surface area contributed by atoms with Gasteiger partial charge in [-0.25, -0.2) is 13.8 Å². The van der Waals surface area contributed by atoms with Gasteiger partial charge in [0.2, 0.25) is 0 Å². The Labute approximate surface area is 206 Å². The standard InChI is InChI=1S/C23H21ClIN3O3S/c1-16-11-12-20(14-22(16)24)28(32(30,31)21-9-4-3-5-10-21)15-23(29)27-26-17(2)18-7-6-8-19(25)13-18/h3-14H,15H2,1-2H3,(H,27,29)/b26-17+. The van der Waals surface area contributed by atoms with Crippen LogP contribution >= 0.6 is 34.2 Å². The molecule has 1 amide bonds. The summed E-state index contributed by atoms with van der Waals surface area (Å²) in [6.07, 6.45) is 0. The SMILES string of the molecule is C/C(=N\NC(=O)CN(c1ccc(C)c(Cl)c1)S(=O)(=O)c1ccccc1)c1cccc(I)c1. The molecule has 0 heterocycles. The van der Waals surface area contributed by atoms with Gasteiger partial charge < -0.3 is 0 Å². The lowest BCUT2D eigenvalue weighted by Crippen LogP contribution is -2.39. The fourth-order valence-corrected chi connectivity index (χ4v) is 5.01. The third kappa shape index (κ3) is 5.87. The minimum atomic E-state index is -4.01. The molecule has 0 aromatic heterocycles. The zero-order valence-electron chi connectivity index (χ0n) is 17.4. The molecule has 9 heteroatoms. The summed E-state index contributed by atoms with van der Waals surface area (Å²) < 4.78 is 28.7. The maximum Gasteiger partial charge on any atom is 0.264 e. The third-order valence-corrected chi connectivity index (χ3v) is 7.52. The van der Waals surface area contributed by atoms with E-state index in [1.807, 2.05) is 31.2 Å². The molecule has 3 aromatic rings. The maximum atomic E-state index is 13.3. The van der Waals surface area contributed by atoms with Crippen molar-refractivity contribution >= 4 is 61.5 Å². The van der Waals surface area contributed by atoms with E-state index in [0.29, 0.717) is 10.7 Å². The Morgan fingerprint density at radius 1 is 1.06 bits per heavy atom. The number of anilines is 1. The van der Waals surface area contributed by atoms with Gasteiger partial charge in [0.1, 0.15) is 6.54 Å². The summed E-state index contributed by atoms with van der Waals surface area (Å²) in [5.41, 5.74) is 5.01. The molecule has 0 atom stereocenters. The summed E-state index contributed by atoms with van der Waals surface area (Å²) in [5, 5.41) is 4.54. The number of carbonyl (C=O) groups excluding carboxylic acids is 1. The average molecular weight is 582 g/mol. The smallest absolute Gasteiger partial charge is 0.264 e. The maximum absolute atomic E-state index is 13.3. The van der Waals surface area contributed by atoms with Crippen molar-refractivity contribution in [2.45, 2.75) is 18.7 Å². The van der Waals surface area contributed by atoms with Crippen LogP contribution in [0, 0.1) is 10.5 Å². The molecule has 0 fully saturated rings. The van der Waals surface area contributed by atoms with Gasteiger partial charge >= 0.3 is 0 Å². The fraction of sp³-hybridized carbons (Fsp3) is 0.130. The predicted octanol–water partition coefficient (Wildman–Crippen LogP) is 4.99. The molecule has 0 aliphatic rings. The number of nitrogens with zero attached hydrogens (tertiary/aromatic N) is 2. The first-order valence-corrected chi connectivity index (χ1v) is 12.5. The van der Waals surface area contributed by atoms with E-state index in [0.717, 1.165) is 19.0 Å². The second kappa shape index (κ2) is 10.5. The number of halogens is 2. The van der Waals surface area contributed by atoms with E-state index in [4.69, 9.17) is 11.6 Å². The topological polar surface area (TPSA) is 78.8 Å². The van der Waals surface area contributed by atoms with Gasteiger partial charge in [0.25, 0.3) is 15.9 Å². The molecule has 3 aromatic carbocycles. The Kier molecular flexibility index (Phi) is 7.91. The molecule has 6 nitrogen and oxygen atoms in total. The molecule has 0 bridgehead atoms. The van der Waals surface area contributed by atoms with Crippen molar-refractivity contribution in [2.24, 2.45) is 5.10 Å². The van der Waals surface area contributed by atoms with Crippen LogP contribution in [-0.2, 0) is 14.8 Å². The van der Waals surface area contributed by atoms with Crippen LogP contribution in [0.3, 0.4) is 0 Å². The highest BCUT2D eigenvalue weighted by molar-refractivity contribution is 14.1. The van der Waals surface area contributed by atoms with Gasteiger partial charge in [-0.15, -0.1) is 0 Å². The Morgan fingerprint density at radius 2 is 1.78 bits per heavy atom. The summed E-state index contributed by atoms with van der Waals surface area (Å²) in [7, 11) is -4.01. The molecule has 32 heavy (non-hydrogen) atoms. The van der Waals surface area contributed by atoms with E-state index in [2.05, 4.69) is 33.1 Å². The van der Waals surface area contributed by atoms with Gasteiger partial charge in [0.05, 0.1) is 16.3 Å². The molecule has 0 saturated carbocycles. The summed E-state index contributed by atoms with van der Waals surface area (Å²) in [6, 6.07) is 20.5. The molecule has 0 saturated heterocycles. The lowest BCUT2D eigenvalue weighted by atomic mass is 10.1. The van der Waals surface area contributed by atoms with Gasteiger partial charge in [-0.05, 0) is 84.0 Å². The molecule has 1 N–H and O–H groups in total. The summed E-state index contributed by atoms with van der Waals surface area (Å²) >= 11 is 8.42. The van der Waals surface area contributed by atoms with Crippen molar-refractivity contribution in [1.82, 2.24) is 5.43 Å². The Balaban J connectivity index is 1.89. The third-order valence-electron chi connectivity index (χ3n) is 4.65. The second-order valence-electron chi connectivity index (χ2n) is 7.00. The number of hydrogen-bond donors (Lipinski definition) is 1. The number of hydrazone groups is 1. The Bertz CT molecular complexity index is 1260. The highest BCUT2D eigenvalue weighted by atomic mass is 127. The van der Waals surface area contributed by atoms with Crippen LogP contribution in [0.1, 0.15) is 18.1 Å². The largest absolute Gasteiger partial charge is 0.271 e. The molecular formula is C23H21ClIN3O3S. The first kappa shape index (κ1) is 24.2. The van der Waals surface area contributed by atoms with E-state index < -0.39 is 22.5 Å². The van der Waals surface area contributed by atoms with Crippen LogP contribution in [0.25, 0.3) is 0 Å². The van der Waals surface area contributed by atoms with E-state index in [-0.39, 0.29) is 10.6 Å². The normalized spacial score (nSPS) is 11.8. The monoisotopic (exact) mass is 581 g/mol. The van der Waals surface area contributed by atoms with Crippen molar-refractivity contribution in [3.05, 3.63) is 92.5 Å². The lowest BCUT2D eigenvalue weighted by molar-refractivity contribution is -0.119. The minimum absolute atomic E-state index is 0.0723. The van der Waals surface area contributed by atoms with Crippen molar-refractivity contribution in [3.63, 3.8) is 0 Å². The molecule has 3 rings (SSSR count). The van der Waals surface area contributed by atoms with Gasteiger partial charge in [-0.1, -0.05) is 48.0 Å². The molecule has 0 spiro atoms. The number of nitrogens with one attached hydrogen (secondary N) is 1. The van der Waals surface area contributed by atoms with E-state index in [9.17, 15) is 13.2 Å². The molecule has 0 aliphatic carbocycles. The van der Waals surface area contributed by atoms with Crippen LogP contribution in [0.2, 0.25) is 5.02 Å². The summed E-state index contributed by atoms with van der Waals surface area (Å²) in [5.74, 6) is -0.578. The van der Waals surface area contributed by atoms with E-state index >= 15 is 0 Å². The van der Waals surface area contributed by atoms with Gasteiger partial charge in [0, 0.05) is 8.59 Å². The quantitative estimate of drug-likeness (QED) is 0.243. The Morgan fingerprint density at radius 3 is 2.44 bits per heavy atom. The van der Waals surface area contributed by atoms with Crippen LogP contribution in [-0.4, -0.2) is 26.6 Å². The number of rotatable bonds is 7. The molecular weight excluding hydrogens is 561 g/mol. The fourth-order valence-electron chi connectivity index (χ4n) is 2.86.